The molecule has 0 aliphatic heterocycles. The summed E-state index contributed by atoms with van der Waals surface area (Å²) in [5, 5.41) is 20.1. The summed E-state index contributed by atoms with van der Waals surface area (Å²) in [6.07, 6.45) is 0.145. The van der Waals surface area contributed by atoms with E-state index < -0.39 is 11.5 Å². The Kier molecular flexibility index (Phi) is 5.92. The van der Waals surface area contributed by atoms with Crippen LogP contribution >= 0.6 is 0 Å². The monoisotopic (exact) mass is 298 g/mol. The minimum atomic E-state index is -0.608. The second-order valence-electron chi connectivity index (χ2n) is 4.43. The molecule has 1 amide bonds. The fourth-order valence-electron chi connectivity index (χ4n) is 1.63. The van der Waals surface area contributed by atoms with Gasteiger partial charge in [0.05, 0.1) is 43.3 Å². The Morgan fingerprint density at radius 1 is 1.38 bits per heavy atom. The van der Waals surface area contributed by atoms with Crippen molar-refractivity contribution < 1.29 is 24.3 Å². The lowest BCUT2D eigenvalue weighted by molar-refractivity contribution is -0.385. The fraction of sp³-hybridized carbons (Fsp3) is 0.462. The molecule has 0 aliphatic carbocycles. The molecule has 0 saturated carbocycles. The Bertz CT molecular complexity index is 530. The maximum absolute atomic E-state index is 11.4. The zero-order valence-corrected chi connectivity index (χ0v) is 12.2. The average Bonchev–Trinajstić information content (AvgIpc) is 2.46. The topological polar surface area (TPSA) is 102 Å². The number of hydrogen-bond donors (Lipinski definition) is 1. The summed E-state index contributed by atoms with van der Waals surface area (Å²) in [4.78, 5) is 23.2. The van der Waals surface area contributed by atoms with Crippen LogP contribution in [-0.4, -0.2) is 48.6 Å². The van der Waals surface area contributed by atoms with Crippen LogP contribution < -0.4 is 9.47 Å². The number of amides is 1. The number of nitrogens with zero attached hydrogens (tertiary/aromatic N) is 2. The highest BCUT2D eigenvalue weighted by atomic mass is 16.6. The molecule has 0 aromatic heterocycles. The van der Waals surface area contributed by atoms with E-state index in [0.717, 1.165) is 0 Å². The van der Waals surface area contributed by atoms with E-state index in [0.29, 0.717) is 0 Å². The van der Waals surface area contributed by atoms with Crippen LogP contribution in [-0.2, 0) is 11.4 Å². The highest BCUT2D eigenvalue weighted by Crippen LogP contribution is 2.34. The number of ether oxygens (including phenoxy) is 2. The molecular weight excluding hydrogens is 280 g/mol. The molecule has 0 unspecified atom stereocenters. The van der Waals surface area contributed by atoms with Crippen LogP contribution in [0.5, 0.6) is 11.5 Å². The van der Waals surface area contributed by atoms with Gasteiger partial charge in [0.15, 0.2) is 11.5 Å². The molecule has 0 atom stereocenters. The number of carbonyl (C=O) groups is 1. The number of benzene rings is 1. The molecule has 0 radical (unpaired) electrons. The summed E-state index contributed by atoms with van der Waals surface area (Å²) in [5.41, 5.74) is -0.124. The van der Waals surface area contributed by atoms with Crippen molar-refractivity contribution in [1.82, 2.24) is 4.90 Å². The summed E-state index contributed by atoms with van der Waals surface area (Å²) < 4.78 is 10.5. The first kappa shape index (κ1) is 16.7. The second kappa shape index (κ2) is 7.44. The Balaban J connectivity index is 2.92. The van der Waals surface area contributed by atoms with Crippen molar-refractivity contribution in [2.24, 2.45) is 0 Å². The van der Waals surface area contributed by atoms with E-state index >= 15 is 0 Å². The van der Waals surface area contributed by atoms with Gasteiger partial charge in [-0.05, 0) is 6.07 Å². The zero-order chi connectivity index (χ0) is 16.0. The van der Waals surface area contributed by atoms with Crippen molar-refractivity contribution in [3.63, 3.8) is 0 Å². The lowest BCUT2D eigenvalue weighted by atomic mass is 10.1. The van der Waals surface area contributed by atoms with E-state index in [1.54, 1.807) is 14.1 Å². The molecule has 0 aliphatic rings. The number of rotatable bonds is 7. The number of aliphatic hydroxyl groups is 1. The summed E-state index contributed by atoms with van der Waals surface area (Å²) in [5.74, 6) is 0.311. The molecule has 0 heterocycles. The van der Waals surface area contributed by atoms with E-state index in [2.05, 4.69) is 0 Å². The molecule has 1 aromatic rings. The summed E-state index contributed by atoms with van der Waals surface area (Å²) in [7, 11) is 4.65. The number of nitro groups is 1. The van der Waals surface area contributed by atoms with Gasteiger partial charge in [-0.3, -0.25) is 14.9 Å². The van der Waals surface area contributed by atoms with Crippen molar-refractivity contribution in [2.45, 2.75) is 13.0 Å². The molecule has 1 N–H and O–H groups in total. The molecule has 1 rings (SSSR count). The van der Waals surface area contributed by atoms with Gasteiger partial charge in [-0.1, -0.05) is 0 Å². The number of nitro benzene ring substituents is 1. The average molecular weight is 298 g/mol. The number of aliphatic hydroxyl groups excluding tert-OH is 1. The lowest BCUT2D eigenvalue weighted by Crippen LogP contribution is -2.23. The van der Waals surface area contributed by atoms with Gasteiger partial charge in [0.25, 0.3) is 5.69 Å². The maximum atomic E-state index is 11.4. The third-order valence-corrected chi connectivity index (χ3v) is 2.80. The van der Waals surface area contributed by atoms with Crippen LogP contribution in [0.15, 0.2) is 12.1 Å². The van der Waals surface area contributed by atoms with Crippen molar-refractivity contribution in [2.75, 3.05) is 27.8 Å². The lowest BCUT2D eigenvalue weighted by Gasteiger charge is -2.13. The first-order chi connectivity index (χ1) is 9.90. The Labute approximate surface area is 122 Å². The molecule has 116 valence electrons. The summed E-state index contributed by atoms with van der Waals surface area (Å²) in [6, 6.07) is 2.53. The molecule has 1 aromatic carbocycles. The van der Waals surface area contributed by atoms with Gasteiger partial charge in [-0.2, -0.15) is 0 Å². The van der Waals surface area contributed by atoms with E-state index in [4.69, 9.17) is 14.6 Å². The van der Waals surface area contributed by atoms with Gasteiger partial charge in [0.1, 0.15) is 0 Å². The van der Waals surface area contributed by atoms with Crippen molar-refractivity contribution >= 4 is 11.6 Å². The number of hydrogen-bond acceptors (Lipinski definition) is 6. The third-order valence-electron chi connectivity index (χ3n) is 2.80. The maximum Gasteiger partial charge on any atom is 0.278 e. The normalized spacial score (nSPS) is 10.1. The van der Waals surface area contributed by atoms with Crippen molar-refractivity contribution in [3.8, 4) is 11.5 Å². The van der Waals surface area contributed by atoms with Crippen LogP contribution in [0.4, 0.5) is 5.69 Å². The van der Waals surface area contributed by atoms with Gasteiger partial charge in [0.2, 0.25) is 5.91 Å². The van der Waals surface area contributed by atoms with Gasteiger partial charge >= 0.3 is 0 Å². The van der Waals surface area contributed by atoms with Gasteiger partial charge in [-0.25, -0.2) is 0 Å². The summed E-state index contributed by atoms with van der Waals surface area (Å²) in [6.45, 7) is -0.408. The Hall–Kier alpha value is -2.35. The van der Waals surface area contributed by atoms with E-state index in [1.165, 1.54) is 24.1 Å². The molecular formula is C13H18N2O6. The van der Waals surface area contributed by atoms with Gasteiger partial charge in [0, 0.05) is 14.1 Å². The fourth-order valence-corrected chi connectivity index (χ4v) is 1.63. The van der Waals surface area contributed by atoms with E-state index in [9.17, 15) is 14.9 Å². The number of methoxy groups -OCH3 is 1. The first-order valence-corrected chi connectivity index (χ1v) is 6.19. The van der Waals surface area contributed by atoms with E-state index in [-0.39, 0.29) is 41.7 Å². The molecule has 0 bridgehead atoms. The predicted molar refractivity (Wildman–Crippen MR) is 74.4 cm³/mol. The predicted octanol–water partition coefficient (Wildman–Crippen LogP) is 0.953. The SMILES string of the molecule is COc1cc(CO)c([N+](=O)[O-])cc1OCCC(=O)N(C)C. The van der Waals surface area contributed by atoms with Crippen LogP contribution in [0.2, 0.25) is 0 Å². The Morgan fingerprint density at radius 2 is 2.05 bits per heavy atom. The minimum Gasteiger partial charge on any atom is -0.493 e. The molecule has 21 heavy (non-hydrogen) atoms. The second-order valence-corrected chi connectivity index (χ2v) is 4.43. The third kappa shape index (κ3) is 4.32. The van der Waals surface area contributed by atoms with Crippen LogP contribution in [0.1, 0.15) is 12.0 Å². The zero-order valence-electron chi connectivity index (χ0n) is 12.2. The van der Waals surface area contributed by atoms with Crippen LogP contribution in [0, 0.1) is 10.1 Å². The van der Waals surface area contributed by atoms with Crippen LogP contribution in [0.25, 0.3) is 0 Å². The largest absolute Gasteiger partial charge is 0.493 e. The highest BCUT2D eigenvalue weighted by Gasteiger charge is 2.19. The molecule has 8 nitrogen and oxygen atoms in total. The molecule has 8 heteroatoms. The quantitative estimate of drug-likeness (QED) is 0.594. The Morgan fingerprint density at radius 3 is 2.52 bits per heavy atom. The van der Waals surface area contributed by atoms with Crippen LogP contribution in [0.3, 0.4) is 0 Å². The first-order valence-electron chi connectivity index (χ1n) is 6.19. The number of carbonyl (C=O) groups excluding carboxylic acids is 1. The highest BCUT2D eigenvalue weighted by molar-refractivity contribution is 5.75. The summed E-state index contributed by atoms with van der Waals surface area (Å²) >= 11 is 0. The molecule has 0 fully saturated rings. The minimum absolute atomic E-state index is 0.0724. The van der Waals surface area contributed by atoms with Crippen molar-refractivity contribution in [3.05, 3.63) is 27.8 Å². The molecule has 0 spiro atoms. The van der Waals surface area contributed by atoms with Gasteiger partial charge < -0.3 is 19.5 Å². The molecule has 0 saturated heterocycles. The standard InChI is InChI=1S/C13H18N2O6/c1-14(2)13(17)4-5-21-12-7-10(15(18)19)9(8-16)6-11(12)20-3/h6-7,16H,4-5,8H2,1-3H3. The van der Waals surface area contributed by atoms with E-state index in [1.807, 2.05) is 0 Å². The smallest absolute Gasteiger partial charge is 0.278 e. The van der Waals surface area contributed by atoms with Crippen molar-refractivity contribution in [1.29, 1.82) is 0 Å². The van der Waals surface area contributed by atoms with Gasteiger partial charge in [-0.15, -0.1) is 0 Å².